The molecule has 1 aromatic carbocycles. The van der Waals surface area contributed by atoms with Crippen LogP contribution in [0.15, 0.2) is 16.6 Å². The highest BCUT2D eigenvalue weighted by Crippen LogP contribution is 2.23. The summed E-state index contributed by atoms with van der Waals surface area (Å²) in [6, 6.07) is 1.39. The number of urea groups is 1. The monoisotopic (exact) mass is 320 g/mol. The molecule has 18 heavy (non-hydrogen) atoms. The van der Waals surface area contributed by atoms with Crippen LogP contribution < -0.4 is 10.6 Å². The zero-order chi connectivity index (χ0) is 13.1. The fourth-order valence-electron chi connectivity index (χ4n) is 1.64. The molecule has 0 bridgehead atoms. The Hall–Kier alpha value is -1.21. The molecule has 0 saturated carbocycles. The first kappa shape index (κ1) is 13.2. The largest absolute Gasteiger partial charge is 0.379 e. The van der Waals surface area contributed by atoms with Crippen molar-refractivity contribution < 1.29 is 18.3 Å². The molecule has 1 unspecified atom stereocenters. The smallest absolute Gasteiger partial charge is 0.319 e. The molecule has 1 atom stereocenters. The molecule has 0 aromatic heterocycles. The van der Waals surface area contributed by atoms with Crippen LogP contribution in [-0.2, 0) is 4.74 Å². The van der Waals surface area contributed by atoms with Gasteiger partial charge in [-0.25, -0.2) is 13.6 Å². The van der Waals surface area contributed by atoms with E-state index < -0.39 is 23.4 Å². The van der Waals surface area contributed by atoms with Gasteiger partial charge in [0.25, 0.3) is 0 Å². The van der Waals surface area contributed by atoms with Crippen molar-refractivity contribution in [1.82, 2.24) is 5.32 Å². The van der Waals surface area contributed by atoms with Gasteiger partial charge in [0, 0.05) is 11.1 Å². The first-order chi connectivity index (χ1) is 8.56. The number of nitrogens with one attached hydrogen (secondary N) is 2. The SMILES string of the molecule is O=C(Nc1c(F)cc(Br)cc1F)NC1CCOC1. The lowest BCUT2D eigenvalue weighted by Crippen LogP contribution is -2.38. The molecule has 0 spiro atoms. The van der Waals surface area contributed by atoms with Gasteiger partial charge >= 0.3 is 6.03 Å². The second-order valence-corrected chi connectivity index (χ2v) is 4.82. The van der Waals surface area contributed by atoms with Gasteiger partial charge in [-0.3, -0.25) is 0 Å². The second kappa shape index (κ2) is 5.62. The van der Waals surface area contributed by atoms with E-state index in [9.17, 15) is 13.6 Å². The molecule has 1 heterocycles. The van der Waals surface area contributed by atoms with Crippen LogP contribution in [0, 0.1) is 11.6 Å². The Morgan fingerprint density at radius 3 is 2.61 bits per heavy atom. The highest BCUT2D eigenvalue weighted by Gasteiger charge is 2.19. The quantitative estimate of drug-likeness (QED) is 0.880. The summed E-state index contributed by atoms with van der Waals surface area (Å²) in [6.07, 6.45) is 0.693. The molecule has 4 nitrogen and oxygen atoms in total. The summed E-state index contributed by atoms with van der Waals surface area (Å²) in [4.78, 5) is 11.5. The van der Waals surface area contributed by atoms with Crippen LogP contribution in [0.3, 0.4) is 0 Å². The number of anilines is 1. The molecule has 2 amide bonds. The van der Waals surface area contributed by atoms with E-state index in [0.717, 1.165) is 12.1 Å². The van der Waals surface area contributed by atoms with Crippen LogP contribution in [0.1, 0.15) is 6.42 Å². The van der Waals surface area contributed by atoms with E-state index in [2.05, 4.69) is 26.6 Å². The van der Waals surface area contributed by atoms with E-state index in [-0.39, 0.29) is 10.5 Å². The zero-order valence-electron chi connectivity index (χ0n) is 9.30. The molecule has 1 aromatic rings. The number of carbonyl (C=O) groups is 1. The molecule has 0 radical (unpaired) electrons. The van der Waals surface area contributed by atoms with Crippen molar-refractivity contribution in [3.05, 3.63) is 28.2 Å². The molecule has 1 aliphatic heterocycles. The summed E-state index contributed by atoms with van der Waals surface area (Å²) in [6.45, 7) is 0.991. The van der Waals surface area contributed by atoms with Crippen LogP contribution in [0.2, 0.25) is 0 Å². The predicted octanol–water partition coefficient (Wildman–Crippen LogP) is 2.64. The van der Waals surface area contributed by atoms with Crippen molar-refractivity contribution in [2.75, 3.05) is 18.5 Å². The predicted molar refractivity (Wildman–Crippen MR) is 65.4 cm³/mol. The molecular weight excluding hydrogens is 310 g/mol. The number of amides is 2. The highest BCUT2D eigenvalue weighted by atomic mass is 79.9. The van der Waals surface area contributed by atoms with E-state index in [1.54, 1.807) is 0 Å². The van der Waals surface area contributed by atoms with Gasteiger partial charge in [0.15, 0.2) is 11.6 Å². The number of carbonyl (C=O) groups excluding carboxylic acids is 1. The van der Waals surface area contributed by atoms with Gasteiger partial charge in [0.2, 0.25) is 0 Å². The third-order valence-electron chi connectivity index (χ3n) is 2.51. The summed E-state index contributed by atoms with van der Waals surface area (Å²) in [7, 11) is 0. The van der Waals surface area contributed by atoms with Crippen molar-refractivity contribution in [2.45, 2.75) is 12.5 Å². The molecule has 2 rings (SSSR count). The van der Waals surface area contributed by atoms with E-state index in [1.165, 1.54) is 0 Å². The Bertz CT molecular complexity index is 441. The molecule has 1 saturated heterocycles. The third kappa shape index (κ3) is 3.17. The van der Waals surface area contributed by atoms with Gasteiger partial charge in [0.1, 0.15) is 5.69 Å². The first-order valence-electron chi connectivity index (χ1n) is 5.36. The van der Waals surface area contributed by atoms with E-state index in [1.807, 2.05) is 0 Å². The first-order valence-corrected chi connectivity index (χ1v) is 6.15. The lowest BCUT2D eigenvalue weighted by molar-refractivity contribution is 0.189. The average Bonchev–Trinajstić information content (AvgIpc) is 2.76. The van der Waals surface area contributed by atoms with Crippen molar-refractivity contribution in [1.29, 1.82) is 0 Å². The molecule has 0 aliphatic carbocycles. The highest BCUT2D eigenvalue weighted by molar-refractivity contribution is 9.10. The number of ether oxygens (including phenoxy) is 1. The van der Waals surface area contributed by atoms with Gasteiger partial charge in [-0.05, 0) is 18.6 Å². The van der Waals surface area contributed by atoms with Crippen molar-refractivity contribution >= 4 is 27.6 Å². The summed E-state index contributed by atoms with van der Waals surface area (Å²) in [5.41, 5.74) is -0.463. The molecular formula is C11H11BrF2N2O2. The number of halogens is 3. The average molecular weight is 321 g/mol. The minimum atomic E-state index is -0.834. The summed E-state index contributed by atoms with van der Waals surface area (Å²) < 4.78 is 32.2. The fraction of sp³-hybridized carbons (Fsp3) is 0.364. The topological polar surface area (TPSA) is 50.4 Å². The maximum Gasteiger partial charge on any atom is 0.319 e. The summed E-state index contributed by atoms with van der Waals surface area (Å²) in [5, 5.41) is 4.73. The van der Waals surface area contributed by atoms with Gasteiger partial charge in [-0.1, -0.05) is 15.9 Å². The van der Waals surface area contributed by atoms with Crippen LogP contribution in [0.25, 0.3) is 0 Å². The Balaban J connectivity index is 2.02. The van der Waals surface area contributed by atoms with Crippen LogP contribution >= 0.6 is 15.9 Å². The number of hydrogen-bond acceptors (Lipinski definition) is 2. The lowest BCUT2D eigenvalue weighted by atomic mass is 10.2. The molecule has 1 aliphatic rings. The van der Waals surface area contributed by atoms with Crippen molar-refractivity contribution in [3.8, 4) is 0 Å². The van der Waals surface area contributed by atoms with Crippen LogP contribution in [0.5, 0.6) is 0 Å². The maximum atomic E-state index is 13.4. The maximum absolute atomic E-state index is 13.4. The molecule has 1 fully saturated rings. The van der Waals surface area contributed by atoms with Crippen molar-refractivity contribution in [2.24, 2.45) is 0 Å². The summed E-state index contributed by atoms with van der Waals surface area (Å²) in [5.74, 6) is -1.67. The lowest BCUT2D eigenvalue weighted by Gasteiger charge is -2.13. The number of benzene rings is 1. The number of rotatable bonds is 2. The Kier molecular flexibility index (Phi) is 4.13. The normalized spacial score (nSPS) is 18.7. The Morgan fingerprint density at radius 2 is 2.06 bits per heavy atom. The summed E-state index contributed by atoms with van der Waals surface area (Å²) >= 11 is 2.96. The fourth-order valence-corrected chi connectivity index (χ4v) is 2.05. The molecule has 7 heteroatoms. The van der Waals surface area contributed by atoms with Gasteiger partial charge in [0.05, 0.1) is 12.6 Å². The van der Waals surface area contributed by atoms with E-state index >= 15 is 0 Å². The van der Waals surface area contributed by atoms with Gasteiger partial charge in [-0.2, -0.15) is 0 Å². The van der Waals surface area contributed by atoms with E-state index in [0.29, 0.717) is 19.6 Å². The molecule has 2 N–H and O–H groups in total. The minimum Gasteiger partial charge on any atom is -0.379 e. The number of hydrogen-bond donors (Lipinski definition) is 2. The van der Waals surface area contributed by atoms with E-state index in [4.69, 9.17) is 4.74 Å². The standard InChI is InChI=1S/C11H11BrF2N2O2/c12-6-3-8(13)10(9(14)4-6)16-11(17)15-7-1-2-18-5-7/h3-4,7H,1-2,5H2,(H2,15,16,17). The van der Waals surface area contributed by atoms with Gasteiger partial charge < -0.3 is 15.4 Å². The third-order valence-corrected chi connectivity index (χ3v) is 2.97. The van der Waals surface area contributed by atoms with Gasteiger partial charge in [-0.15, -0.1) is 0 Å². The second-order valence-electron chi connectivity index (χ2n) is 3.90. The Morgan fingerprint density at radius 1 is 1.39 bits per heavy atom. The minimum absolute atomic E-state index is 0.119. The van der Waals surface area contributed by atoms with Crippen LogP contribution in [-0.4, -0.2) is 25.3 Å². The van der Waals surface area contributed by atoms with Crippen molar-refractivity contribution in [3.63, 3.8) is 0 Å². The van der Waals surface area contributed by atoms with Crippen LogP contribution in [0.4, 0.5) is 19.3 Å². The molecule has 98 valence electrons. The Labute approximate surface area is 111 Å². The zero-order valence-corrected chi connectivity index (χ0v) is 10.9.